The number of hydrogen-bond donors (Lipinski definition) is 0. The third kappa shape index (κ3) is 3.62. The summed E-state index contributed by atoms with van der Waals surface area (Å²) in [6.07, 6.45) is 0.734. The summed E-state index contributed by atoms with van der Waals surface area (Å²) >= 11 is 0. The first-order valence-corrected chi connectivity index (χ1v) is 8.53. The van der Waals surface area contributed by atoms with Gasteiger partial charge in [-0.3, -0.25) is 4.79 Å². The molecule has 0 aliphatic rings. The van der Waals surface area contributed by atoms with Crippen molar-refractivity contribution < 1.29 is 14.0 Å². The van der Waals surface area contributed by atoms with Gasteiger partial charge in [0.2, 0.25) is 8.32 Å². The normalized spacial score (nSPS) is 11.0. The Balaban J connectivity index is 3.00. The largest absolute Gasteiger partial charge is 0.516 e. The van der Waals surface area contributed by atoms with E-state index in [1.165, 1.54) is 0 Å². The fourth-order valence-corrected chi connectivity index (χ4v) is 2.01. The van der Waals surface area contributed by atoms with E-state index in [0.717, 1.165) is 11.8 Å². The molecule has 0 saturated heterocycles. The second kappa shape index (κ2) is 4.61. The van der Waals surface area contributed by atoms with Crippen molar-refractivity contribution in [2.24, 2.45) is 0 Å². The van der Waals surface area contributed by atoms with E-state index in [1.54, 1.807) is 18.2 Å². The van der Waals surface area contributed by atoms with Gasteiger partial charge in [-0.1, -0.05) is 0 Å². The molecule has 0 aromatic heterocycles. The predicted molar refractivity (Wildman–Crippen MR) is 65.3 cm³/mol. The quantitative estimate of drug-likeness (QED) is 0.598. The summed E-state index contributed by atoms with van der Waals surface area (Å²) in [6, 6.07) is 5.02. The molecule has 0 spiro atoms. The van der Waals surface area contributed by atoms with Crippen molar-refractivity contribution in [1.82, 2.24) is 0 Å². The SMILES string of the molecule is Cc1cc(C=O)cc(C(=O)O[Si](C)(C)C)c1. The summed E-state index contributed by atoms with van der Waals surface area (Å²) in [5, 5.41) is 0. The molecule has 0 unspecified atom stereocenters. The minimum Gasteiger partial charge on any atom is -0.516 e. The van der Waals surface area contributed by atoms with E-state index in [1.807, 2.05) is 26.6 Å². The summed E-state index contributed by atoms with van der Waals surface area (Å²) in [6.45, 7) is 7.68. The first-order chi connectivity index (χ1) is 7.31. The van der Waals surface area contributed by atoms with Crippen LogP contribution in [-0.4, -0.2) is 20.6 Å². The molecule has 0 radical (unpaired) electrons. The molecule has 16 heavy (non-hydrogen) atoms. The summed E-state index contributed by atoms with van der Waals surface area (Å²) in [4.78, 5) is 22.5. The zero-order chi connectivity index (χ0) is 12.3. The molecule has 0 aliphatic carbocycles. The van der Waals surface area contributed by atoms with E-state index < -0.39 is 8.32 Å². The topological polar surface area (TPSA) is 43.4 Å². The van der Waals surface area contributed by atoms with Crippen LogP contribution in [0.2, 0.25) is 19.6 Å². The van der Waals surface area contributed by atoms with E-state index in [4.69, 9.17) is 4.43 Å². The number of hydrogen-bond acceptors (Lipinski definition) is 3. The van der Waals surface area contributed by atoms with E-state index in [-0.39, 0.29) is 5.97 Å². The van der Waals surface area contributed by atoms with E-state index in [0.29, 0.717) is 11.1 Å². The Hall–Kier alpha value is -1.42. The Kier molecular flexibility index (Phi) is 3.65. The molecule has 0 N–H and O–H groups in total. The first-order valence-electron chi connectivity index (χ1n) is 5.12. The van der Waals surface area contributed by atoms with Gasteiger partial charge in [-0.05, 0) is 50.3 Å². The van der Waals surface area contributed by atoms with Gasteiger partial charge in [0.15, 0.2) is 0 Å². The van der Waals surface area contributed by atoms with Crippen LogP contribution in [0.1, 0.15) is 26.3 Å². The van der Waals surface area contributed by atoms with Gasteiger partial charge in [-0.25, -0.2) is 4.79 Å². The Morgan fingerprint density at radius 2 is 1.88 bits per heavy atom. The molecular formula is C12H16O3Si. The monoisotopic (exact) mass is 236 g/mol. The van der Waals surface area contributed by atoms with Gasteiger partial charge in [-0.15, -0.1) is 0 Å². The van der Waals surface area contributed by atoms with Crippen molar-refractivity contribution in [3.05, 3.63) is 34.9 Å². The average molecular weight is 236 g/mol. The summed E-state index contributed by atoms with van der Waals surface area (Å²) in [5.74, 6) is -0.342. The van der Waals surface area contributed by atoms with Crippen LogP contribution in [0.5, 0.6) is 0 Å². The Morgan fingerprint density at radius 1 is 1.25 bits per heavy atom. The van der Waals surface area contributed by atoms with Crippen molar-refractivity contribution in [2.75, 3.05) is 0 Å². The van der Waals surface area contributed by atoms with Crippen LogP contribution in [-0.2, 0) is 4.43 Å². The van der Waals surface area contributed by atoms with Gasteiger partial charge in [-0.2, -0.15) is 0 Å². The molecule has 86 valence electrons. The van der Waals surface area contributed by atoms with Gasteiger partial charge in [0.05, 0.1) is 5.56 Å². The number of carbonyl (C=O) groups excluding carboxylic acids is 2. The van der Waals surface area contributed by atoms with Crippen LogP contribution in [0.25, 0.3) is 0 Å². The summed E-state index contributed by atoms with van der Waals surface area (Å²) in [5.41, 5.74) is 1.83. The van der Waals surface area contributed by atoms with Crippen molar-refractivity contribution in [3.63, 3.8) is 0 Å². The maximum Gasteiger partial charge on any atom is 0.324 e. The van der Waals surface area contributed by atoms with Crippen LogP contribution in [0.3, 0.4) is 0 Å². The van der Waals surface area contributed by atoms with Gasteiger partial charge in [0, 0.05) is 5.56 Å². The highest BCUT2D eigenvalue weighted by Crippen LogP contribution is 2.13. The minimum atomic E-state index is -1.89. The predicted octanol–water partition coefficient (Wildman–Crippen LogP) is 2.80. The fraction of sp³-hybridized carbons (Fsp3) is 0.333. The average Bonchev–Trinajstić information content (AvgIpc) is 2.14. The molecule has 0 heterocycles. The molecule has 0 atom stereocenters. The number of benzene rings is 1. The van der Waals surface area contributed by atoms with Crippen molar-refractivity contribution in [2.45, 2.75) is 26.6 Å². The van der Waals surface area contributed by atoms with E-state index in [9.17, 15) is 9.59 Å². The molecule has 1 aromatic carbocycles. The van der Waals surface area contributed by atoms with Gasteiger partial charge >= 0.3 is 5.97 Å². The fourth-order valence-electron chi connectivity index (χ4n) is 1.34. The maximum absolute atomic E-state index is 11.8. The minimum absolute atomic E-state index is 0.342. The smallest absolute Gasteiger partial charge is 0.324 e. The van der Waals surface area contributed by atoms with E-state index >= 15 is 0 Å². The standard InChI is InChI=1S/C12H16O3Si/c1-9-5-10(8-13)7-11(6-9)12(14)15-16(2,3)4/h5-8H,1-4H3. The molecule has 0 bridgehead atoms. The van der Waals surface area contributed by atoms with Crippen LogP contribution in [0, 0.1) is 6.92 Å². The van der Waals surface area contributed by atoms with Gasteiger partial charge in [0.1, 0.15) is 6.29 Å². The lowest BCUT2D eigenvalue weighted by Gasteiger charge is -2.17. The number of rotatable bonds is 3. The van der Waals surface area contributed by atoms with Crippen LogP contribution in [0.4, 0.5) is 0 Å². The lowest BCUT2D eigenvalue weighted by molar-refractivity contribution is 0.0724. The maximum atomic E-state index is 11.8. The van der Waals surface area contributed by atoms with Crippen molar-refractivity contribution in [1.29, 1.82) is 0 Å². The second-order valence-electron chi connectivity index (χ2n) is 4.75. The highest BCUT2D eigenvalue weighted by Gasteiger charge is 2.21. The molecule has 1 aromatic rings. The second-order valence-corrected chi connectivity index (χ2v) is 9.18. The van der Waals surface area contributed by atoms with Gasteiger partial charge < -0.3 is 4.43 Å². The molecule has 4 heteroatoms. The Bertz CT molecular complexity index is 419. The van der Waals surface area contributed by atoms with E-state index in [2.05, 4.69) is 0 Å². The zero-order valence-corrected chi connectivity index (χ0v) is 11.0. The lowest BCUT2D eigenvalue weighted by Crippen LogP contribution is -2.29. The highest BCUT2D eigenvalue weighted by atomic mass is 28.4. The summed E-state index contributed by atoms with van der Waals surface area (Å²) < 4.78 is 5.36. The number of carbonyl (C=O) groups is 2. The molecule has 1 rings (SSSR count). The highest BCUT2D eigenvalue weighted by molar-refractivity contribution is 6.71. The molecule has 0 saturated carbocycles. The molecule has 0 amide bonds. The molecular weight excluding hydrogens is 220 g/mol. The molecule has 0 aliphatic heterocycles. The van der Waals surface area contributed by atoms with Crippen molar-refractivity contribution in [3.8, 4) is 0 Å². The first kappa shape index (κ1) is 12.6. The molecule has 3 nitrogen and oxygen atoms in total. The van der Waals surface area contributed by atoms with Crippen LogP contribution < -0.4 is 0 Å². The van der Waals surface area contributed by atoms with Crippen LogP contribution in [0.15, 0.2) is 18.2 Å². The lowest BCUT2D eigenvalue weighted by atomic mass is 10.1. The Labute approximate surface area is 96.6 Å². The van der Waals surface area contributed by atoms with Crippen molar-refractivity contribution >= 4 is 20.6 Å². The Morgan fingerprint density at radius 3 is 2.38 bits per heavy atom. The zero-order valence-electron chi connectivity index (χ0n) is 10.0. The van der Waals surface area contributed by atoms with Gasteiger partial charge in [0.25, 0.3) is 0 Å². The third-order valence-corrected chi connectivity index (χ3v) is 2.67. The molecule has 0 fully saturated rings. The number of aryl methyl sites for hydroxylation is 1. The third-order valence-electron chi connectivity index (χ3n) is 1.87. The van der Waals surface area contributed by atoms with Crippen LogP contribution >= 0.6 is 0 Å². The summed E-state index contributed by atoms with van der Waals surface area (Å²) in [7, 11) is -1.89. The number of aldehydes is 1.